The first-order valence-electron chi connectivity index (χ1n) is 8.46. The van der Waals surface area contributed by atoms with Gasteiger partial charge in [0.15, 0.2) is 0 Å². The highest BCUT2D eigenvalue weighted by atomic mass is 16.5. The summed E-state index contributed by atoms with van der Waals surface area (Å²) < 4.78 is 7.48. The molecule has 1 aliphatic heterocycles. The third-order valence-corrected chi connectivity index (χ3v) is 4.73. The first-order valence-corrected chi connectivity index (χ1v) is 8.46. The van der Waals surface area contributed by atoms with E-state index in [2.05, 4.69) is 41.3 Å². The molecule has 0 spiro atoms. The Morgan fingerprint density at radius 3 is 2.64 bits per heavy atom. The molecule has 5 heteroatoms. The molecule has 2 N–H and O–H groups in total. The molecule has 0 unspecified atom stereocenters. The predicted octanol–water partition coefficient (Wildman–Crippen LogP) is 2.98. The summed E-state index contributed by atoms with van der Waals surface area (Å²) in [4.78, 5) is 2.21. The Bertz CT molecular complexity index is 943. The molecule has 0 saturated carbocycles. The van der Waals surface area contributed by atoms with Crippen LogP contribution in [0.2, 0.25) is 0 Å². The molecular formula is C20H20N4O. The van der Waals surface area contributed by atoms with E-state index in [1.54, 1.807) is 6.07 Å². The van der Waals surface area contributed by atoms with Crippen molar-refractivity contribution in [3.63, 3.8) is 0 Å². The van der Waals surface area contributed by atoms with Crippen molar-refractivity contribution in [2.24, 2.45) is 0 Å². The summed E-state index contributed by atoms with van der Waals surface area (Å²) in [6, 6.07) is 18.7. The summed E-state index contributed by atoms with van der Waals surface area (Å²) in [6.07, 6.45) is 0. The molecule has 1 saturated heterocycles. The van der Waals surface area contributed by atoms with Gasteiger partial charge < -0.3 is 19.9 Å². The van der Waals surface area contributed by atoms with E-state index in [1.807, 2.05) is 16.7 Å². The lowest BCUT2D eigenvalue weighted by molar-refractivity contribution is 0.122. The Balaban J connectivity index is 1.80. The van der Waals surface area contributed by atoms with Crippen molar-refractivity contribution >= 4 is 22.3 Å². The van der Waals surface area contributed by atoms with E-state index in [1.165, 1.54) is 16.3 Å². The Morgan fingerprint density at radius 2 is 1.84 bits per heavy atom. The lowest BCUT2D eigenvalue weighted by Crippen LogP contribution is -2.38. The summed E-state index contributed by atoms with van der Waals surface area (Å²) in [7, 11) is 0. The van der Waals surface area contributed by atoms with Crippen LogP contribution in [0.25, 0.3) is 10.8 Å². The third kappa shape index (κ3) is 2.81. The highest BCUT2D eigenvalue weighted by molar-refractivity contribution is 5.85. The minimum absolute atomic E-state index is 0.590. The average Bonchev–Trinajstić information content (AvgIpc) is 2.98. The van der Waals surface area contributed by atoms with Crippen LogP contribution < -0.4 is 10.6 Å². The van der Waals surface area contributed by atoms with E-state index < -0.39 is 0 Å². The number of nitrogen functional groups attached to an aromatic ring is 1. The van der Waals surface area contributed by atoms with Gasteiger partial charge in [0, 0.05) is 13.1 Å². The summed E-state index contributed by atoms with van der Waals surface area (Å²) in [6.45, 7) is 3.55. The van der Waals surface area contributed by atoms with Crippen molar-refractivity contribution in [1.29, 1.82) is 5.26 Å². The van der Waals surface area contributed by atoms with E-state index in [4.69, 9.17) is 10.5 Å². The second-order valence-electron chi connectivity index (χ2n) is 6.24. The number of fused-ring (bicyclic) bond motifs is 1. The van der Waals surface area contributed by atoms with E-state index in [-0.39, 0.29) is 0 Å². The molecule has 5 nitrogen and oxygen atoms in total. The highest BCUT2D eigenvalue weighted by Gasteiger charge is 2.21. The Labute approximate surface area is 146 Å². The number of benzene rings is 2. The van der Waals surface area contributed by atoms with Crippen molar-refractivity contribution in [1.82, 2.24) is 4.57 Å². The minimum Gasteiger partial charge on any atom is -0.396 e. The van der Waals surface area contributed by atoms with Crippen LogP contribution >= 0.6 is 0 Å². The molecule has 0 bridgehead atoms. The van der Waals surface area contributed by atoms with Crippen LogP contribution in [0.1, 0.15) is 11.3 Å². The van der Waals surface area contributed by atoms with Gasteiger partial charge in [0.25, 0.3) is 0 Å². The molecule has 0 amide bonds. The van der Waals surface area contributed by atoms with E-state index >= 15 is 0 Å². The maximum Gasteiger partial charge on any atom is 0.133 e. The molecule has 0 radical (unpaired) electrons. The van der Waals surface area contributed by atoms with Crippen molar-refractivity contribution in [2.45, 2.75) is 6.54 Å². The number of rotatable bonds is 3. The maximum absolute atomic E-state index is 9.58. The summed E-state index contributed by atoms with van der Waals surface area (Å²) in [5, 5.41) is 12.0. The summed E-state index contributed by atoms with van der Waals surface area (Å²) in [5.74, 6) is 0.924. The largest absolute Gasteiger partial charge is 0.396 e. The van der Waals surface area contributed by atoms with Crippen LogP contribution in [-0.2, 0) is 11.3 Å². The van der Waals surface area contributed by atoms with Gasteiger partial charge >= 0.3 is 0 Å². The fourth-order valence-electron chi connectivity index (χ4n) is 3.54. The van der Waals surface area contributed by atoms with E-state index in [9.17, 15) is 5.26 Å². The van der Waals surface area contributed by atoms with Gasteiger partial charge in [-0.05, 0) is 22.4 Å². The highest BCUT2D eigenvalue weighted by Crippen LogP contribution is 2.30. The monoisotopic (exact) mass is 332 g/mol. The zero-order valence-corrected chi connectivity index (χ0v) is 14.0. The second-order valence-corrected chi connectivity index (χ2v) is 6.24. The van der Waals surface area contributed by atoms with Gasteiger partial charge in [0.05, 0.1) is 25.4 Å². The summed E-state index contributed by atoms with van der Waals surface area (Å²) in [5.41, 5.74) is 8.68. The quantitative estimate of drug-likeness (QED) is 0.801. The lowest BCUT2D eigenvalue weighted by atomic mass is 10.0. The van der Waals surface area contributed by atoms with Crippen LogP contribution in [0.4, 0.5) is 11.5 Å². The molecule has 126 valence electrons. The first kappa shape index (κ1) is 15.6. The van der Waals surface area contributed by atoms with Gasteiger partial charge in [-0.3, -0.25) is 0 Å². The Morgan fingerprint density at radius 1 is 1.08 bits per heavy atom. The van der Waals surface area contributed by atoms with Crippen LogP contribution in [0.5, 0.6) is 0 Å². The molecule has 3 aromatic rings. The number of anilines is 2. The van der Waals surface area contributed by atoms with Crippen LogP contribution in [0.15, 0.2) is 48.5 Å². The number of aromatic nitrogens is 1. The molecule has 0 aliphatic carbocycles. The molecular weight excluding hydrogens is 312 g/mol. The molecule has 1 fully saturated rings. The second kappa shape index (κ2) is 6.50. The standard InChI is InChI=1S/C20H20N4O/c21-13-17-12-19(22)20(23-8-10-25-11-9-23)24(17)14-16-6-3-5-15-4-1-2-7-18(15)16/h1-7,12H,8-11,14,22H2. The number of nitrogens with two attached hydrogens (primary N) is 1. The van der Waals surface area contributed by atoms with E-state index in [0.717, 1.165) is 18.9 Å². The van der Waals surface area contributed by atoms with Gasteiger partial charge in [-0.15, -0.1) is 0 Å². The number of hydrogen-bond donors (Lipinski definition) is 1. The molecule has 2 aromatic carbocycles. The average molecular weight is 332 g/mol. The zero-order chi connectivity index (χ0) is 17.2. The smallest absolute Gasteiger partial charge is 0.133 e. The van der Waals surface area contributed by atoms with Gasteiger partial charge in [-0.1, -0.05) is 42.5 Å². The lowest BCUT2D eigenvalue weighted by Gasteiger charge is -2.30. The topological polar surface area (TPSA) is 67.2 Å². The molecule has 25 heavy (non-hydrogen) atoms. The minimum atomic E-state index is 0.590. The van der Waals surface area contributed by atoms with Crippen LogP contribution in [0, 0.1) is 11.3 Å². The van der Waals surface area contributed by atoms with Crippen LogP contribution in [-0.4, -0.2) is 30.9 Å². The zero-order valence-electron chi connectivity index (χ0n) is 14.0. The molecule has 1 aliphatic rings. The molecule has 0 atom stereocenters. The van der Waals surface area contributed by atoms with Crippen molar-refractivity contribution in [3.8, 4) is 6.07 Å². The molecule has 1 aromatic heterocycles. The van der Waals surface area contributed by atoms with Crippen molar-refractivity contribution in [2.75, 3.05) is 36.9 Å². The third-order valence-electron chi connectivity index (χ3n) is 4.73. The van der Waals surface area contributed by atoms with Crippen molar-refractivity contribution < 1.29 is 4.74 Å². The molecule has 2 heterocycles. The Hall–Kier alpha value is -2.97. The fourth-order valence-corrected chi connectivity index (χ4v) is 3.54. The SMILES string of the molecule is N#Cc1cc(N)c(N2CCOCC2)n1Cc1cccc2ccccc12. The van der Waals surface area contributed by atoms with Gasteiger partial charge in [0.1, 0.15) is 17.6 Å². The fraction of sp³-hybridized carbons (Fsp3) is 0.250. The predicted molar refractivity (Wildman–Crippen MR) is 99.6 cm³/mol. The first-order chi connectivity index (χ1) is 12.3. The van der Waals surface area contributed by atoms with Gasteiger partial charge in [-0.2, -0.15) is 5.26 Å². The van der Waals surface area contributed by atoms with E-state index in [0.29, 0.717) is 31.1 Å². The maximum atomic E-state index is 9.58. The molecule has 4 rings (SSSR count). The number of nitriles is 1. The van der Waals surface area contributed by atoms with Gasteiger partial charge in [0.2, 0.25) is 0 Å². The van der Waals surface area contributed by atoms with Crippen LogP contribution in [0.3, 0.4) is 0 Å². The number of morpholine rings is 1. The summed E-state index contributed by atoms with van der Waals surface area (Å²) >= 11 is 0. The number of nitrogens with zero attached hydrogens (tertiary/aromatic N) is 3. The van der Waals surface area contributed by atoms with Crippen molar-refractivity contribution in [3.05, 3.63) is 59.8 Å². The Kier molecular flexibility index (Phi) is 4.04. The number of ether oxygens (including phenoxy) is 1. The van der Waals surface area contributed by atoms with Gasteiger partial charge in [-0.25, -0.2) is 0 Å². The normalized spacial score (nSPS) is 14.6. The number of hydrogen-bond acceptors (Lipinski definition) is 4.